The largest absolute Gasteiger partial charge is 0.311 e. The summed E-state index contributed by atoms with van der Waals surface area (Å²) in [5.74, 6) is 0. The highest BCUT2D eigenvalue weighted by molar-refractivity contribution is 5.80. The molecule has 0 saturated carbocycles. The molecule has 0 radical (unpaired) electrons. The third kappa shape index (κ3) is 3.29. The number of fused-ring (bicyclic) bond motifs is 1. The van der Waals surface area contributed by atoms with Gasteiger partial charge in [0.1, 0.15) is 0 Å². The lowest BCUT2D eigenvalue weighted by molar-refractivity contribution is 0.577. The van der Waals surface area contributed by atoms with Gasteiger partial charge in [0.25, 0.3) is 5.56 Å². The van der Waals surface area contributed by atoms with Gasteiger partial charge in [0, 0.05) is 18.0 Å². The molecule has 0 atom stereocenters. The standard InChI is InChI=1S/C15H19N3O/c1-11(2)16-8-12(3)10-18-15(19)14-7-5-4-6-13(14)9-17-18/h4-7,9,11,16H,3,8,10H2,1-2H3. The molecule has 2 rings (SSSR count). The van der Waals surface area contributed by atoms with Crippen molar-refractivity contribution in [1.29, 1.82) is 0 Å². The summed E-state index contributed by atoms with van der Waals surface area (Å²) in [5.41, 5.74) is 0.877. The Hall–Kier alpha value is -1.94. The molecular weight excluding hydrogens is 238 g/mol. The van der Waals surface area contributed by atoms with Gasteiger partial charge in [-0.3, -0.25) is 4.79 Å². The van der Waals surface area contributed by atoms with Gasteiger partial charge in [-0.05, 0) is 11.6 Å². The number of benzene rings is 1. The summed E-state index contributed by atoms with van der Waals surface area (Å²) in [5, 5.41) is 9.03. The molecule has 4 heteroatoms. The van der Waals surface area contributed by atoms with E-state index in [2.05, 4.69) is 30.8 Å². The van der Waals surface area contributed by atoms with Crippen LogP contribution in [0.5, 0.6) is 0 Å². The topological polar surface area (TPSA) is 46.9 Å². The van der Waals surface area contributed by atoms with Crippen LogP contribution >= 0.6 is 0 Å². The molecule has 2 aromatic rings. The third-order valence-corrected chi connectivity index (χ3v) is 2.90. The van der Waals surface area contributed by atoms with E-state index in [1.54, 1.807) is 6.20 Å². The normalized spacial score (nSPS) is 11.1. The van der Waals surface area contributed by atoms with Crippen LogP contribution in [0, 0.1) is 0 Å². The van der Waals surface area contributed by atoms with Crippen molar-refractivity contribution < 1.29 is 0 Å². The Morgan fingerprint density at radius 3 is 2.89 bits per heavy atom. The molecule has 0 saturated heterocycles. The minimum Gasteiger partial charge on any atom is -0.311 e. The van der Waals surface area contributed by atoms with Crippen LogP contribution in [-0.2, 0) is 6.54 Å². The quantitative estimate of drug-likeness (QED) is 0.833. The summed E-state index contributed by atoms with van der Waals surface area (Å²) in [7, 11) is 0. The van der Waals surface area contributed by atoms with E-state index in [4.69, 9.17) is 0 Å². The lowest BCUT2D eigenvalue weighted by Crippen LogP contribution is -2.29. The smallest absolute Gasteiger partial charge is 0.274 e. The van der Waals surface area contributed by atoms with Gasteiger partial charge in [-0.25, -0.2) is 4.68 Å². The highest BCUT2D eigenvalue weighted by Crippen LogP contribution is 2.06. The molecule has 0 aliphatic carbocycles. The Labute approximate surface area is 112 Å². The van der Waals surface area contributed by atoms with Gasteiger partial charge in [-0.2, -0.15) is 5.10 Å². The van der Waals surface area contributed by atoms with E-state index in [-0.39, 0.29) is 5.56 Å². The molecule has 4 nitrogen and oxygen atoms in total. The predicted molar refractivity (Wildman–Crippen MR) is 78.3 cm³/mol. The molecule has 1 heterocycles. The van der Waals surface area contributed by atoms with Crippen molar-refractivity contribution in [2.75, 3.05) is 6.54 Å². The second kappa shape index (κ2) is 5.80. The molecular formula is C15H19N3O. The minimum absolute atomic E-state index is 0.0659. The minimum atomic E-state index is -0.0659. The lowest BCUT2D eigenvalue weighted by Gasteiger charge is -2.11. The van der Waals surface area contributed by atoms with Crippen LogP contribution < -0.4 is 10.9 Å². The highest BCUT2D eigenvalue weighted by Gasteiger charge is 2.05. The zero-order valence-electron chi connectivity index (χ0n) is 11.4. The van der Waals surface area contributed by atoms with Crippen molar-refractivity contribution in [2.45, 2.75) is 26.4 Å². The van der Waals surface area contributed by atoms with Crippen molar-refractivity contribution in [1.82, 2.24) is 15.1 Å². The fourth-order valence-electron chi connectivity index (χ4n) is 1.86. The third-order valence-electron chi connectivity index (χ3n) is 2.90. The van der Waals surface area contributed by atoms with Crippen LogP contribution in [0.2, 0.25) is 0 Å². The molecule has 1 aromatic carbocycles. The number of hydrogen-bond acceptors (Lipinski definition) is 3. The molecule has 0 amide bonds. The van der Waals surface area contributed by atoms with Gasteiger partial charge in [-0.1, -0.05) is 38.6 Å². The van der Waals surface area contributed by atoms with Crippen molar-refractivity contribution in [3.8, 4) is 0 Å². The van der Waals surface area contributed by atoms with Crippen molar-refractivity contribution >= 4 is 10.8 Å². The van der Waals surface area contributed by atoms with Crippen molar-refractivity contribution in [3.63, 3.8) is 0 Å². The maximum atomic E-state index is 12.2. The van der Waals surface area contributed by atoms with Gasteiger partial charge in [0.05, 0.1) is 18.1 Å². The molecule has 0 bridgehead atoms. The van der Waals surface area contributed by atoms with Gasteiger partial charge >= 0.3 is 0 Å². The summed E-state index contributed by atoms with van der Waals surface area (Å²) < 4.78 is 1.46. The van der Waals surface area contributed by atoms with E-state index >= 15 is 0 Å². The molecule has 0 fully saturated rings. The van der Waals surface area contributed by atoms with Gasteiger partial charge in [-0.15, -0.1) is 0 Å². The van der Waals surface area contributed by atoms with E-state index in [9.17, 15) is 4.79 Å². The average molecular weight is 257 g/mol. The highest BCUT2D eigenvalue weighted by atomic mass is 16.1. The lowest BCUT2D eigenvalue weighted by atomic mass is 10.2. The number of nitrogens with zero attached hydrogens (tertiary/aromatic N) is 2. The number of hydrogen-bond donors (Lipinski definition) is 1. The summed E-state index contributed by atoms with van der Waals surface area (Å²) >= 11 is 0. The first-order chi connectivity index (χ1) is 9.08. The van der Waals surface area contributed by atoms with E-state index in [0.29, 0.717) is 24.5 Å². The zero-order chi connectivity index (χ0) is 13.8. The fourth-order valence-corrected chi connectivity index (χ4v) is 1.86. The first-order valence-electron chi connectivity index (χ1n) is 6.43. The molecule has 1 N–H and O–H groups in total. The van der Waals surface area contributed by atoms with E-state index in [1.165, 1.54) is 4.68 Å². The molecule has 1 aromatic heterocycles. The van der Waals surface area contributed by atoms with Gasteiger partial charge in [0.2, 0.25) is 0 Å². The average Bonchev–Trinajstić information content (AvgIpc) is 2.40. The van der Waals surface area contributed by atoms with Crippen molar-refractivity contribution in [3.05, 3.63) is 53.0 Å². The summed E-state index contributed by atoms with van der Waals surface area (Å²) in [6, 6.07) is 7.88. The SMILES string of the molecule is C=C(CNC(C)C)Cn1ncc2ccccc2c1=O. The molecule has 0 unspecified atom stereocenters. The maximum Gasteiger partial charge on any atom is 0.274 e. The van der Waals surface area contributed by atoms with E-state index < -0.39 is 0 Å². The Bertz CT molecular complexity index is 643. The molecule has 19 heavy (non-hydrogen) atoms. The number of nitrogens with one attached hydrogen (secondary N) is 1. The van der Waals surface area contributed by atoms with Crippen LogP contribution in [0.3, 0.4) is 0 Å². The predicted octanol–water partition coefficient (Wildman–Crippen LogP) is 1.95. The first kappa shape index (κ1) is 13.5. The maximum absolute atomic E-state index is 12.2. The zero-order valence-corrected chi connectivity index (χ0v) is 11.4. The summed E-state index contributed by atoms with van der Waals surface area (Å²) in [6.45, 7) is 9.28. The van der Waals surface area contributed by atoms with Crippen LogP contribution in [0.15, 0.2) is 47.4 Å². The number of rotatable bonds is 5. The Kier molecular flexibility index (Phi) is 4.12. The van der Waals surface area contributed by atoms with Gasteiger partial charge < -0.3 is 5.32 Å². The second-order valence-corrected chi connectivity index (χ2v) is 4.98. The fraction of sp³-hybridized carbons (Fsp3) is 0.333. The second-order valence-electron chi connectivity index (χ2n) is 4.98. The molecule has 0 aliphatic heterocycles. The van der Waals surface area contributed by atoms with Crippen molar-refractivity contribution in [2.24, 2.45) is 0 Å². The Morgan fingerprint density at radius 2 is 2.16 bits per heavy atom. The van der Waals surface area contributed by atoms with Gasteiger partial charge in [0.15, 0.2) is 0 Å². The first-order valence-corrected chi connectivity index (χ1v) is 6.43. The van der Waals surface area contributed by atoms with Crippen LogP contribution in [-0.4, -0.2) is 22.4 Å². The van der Waals surface area contributed by atoms with Crippen LogP contribution in [0.25, 0.3) is 10.8 Å². The summed E-state index contributed by atoms with van der Waals surface area (Å²) in [6.07, 6.45) is 1.72. The monoisotopic (exact) mass is 257 g/mol. The number of aromatic nitrogens is 2. The molecule has 0 aliphatic rings. The molecule has 0 spiro atoms. The van der Waals surface area contributed by atoms with Crippen LogP contribution in [0.4, 0.5) is 0 Å². The molecule has 100 valence electrons. The summed E-state index contributed by atoms with van der Waals surface area (Å²) in [4.78, 5) is 12.2. The van der Waals surface area contributed by atoms with Crippen LogP contribution in [0.1, 0.15) is 13.8 Å². The Balaban J connectivity index is 2.20. The van der Waals surface area contributed by atoms with E-state index in [1.807, 2.05) is 24.3 Å². The van der Waals surface area contributed by atoms with E-state index in [0.717, 1.165) is 11.0 Å². The Morgan fingerprint density at radius 1 is 1.42 bits per heavy atom.